The van der Waals surface area contributed by atoms with E-state index >= 15 is 0 Å². The van der Waals surface area contributed by atoms with Crippen molar-refractivity contribution in [1.82, 2.24) is 0 Å². The molecular weight excluding hydrogens is 300 g/mol. The monoisotopic (exact) mass is 330 g/mol. The largest absolute Gasteiger partial charge is 0.462 e. The van der Waals surface area contributed by atoms with E-state index < -0.39 is 0 Å². The third kappa shape index (κ3) is 1.80. The van der Waals surface area contributed by atoms with Gasteiger partial charge in [0.25, 0.3) is 0 Å². The lowest BCUT2D eigenvalue weighted by Gasteiger charge is -2.63. The van der Waals surface area contributed by atoms with Crippen LogP contribution in [0, 0.1) is 28.6 Å². The number of fused-ring (bicyclic) bond motifs is 4. The summed E-state index contributed by atoms with van der Waals surface area (Å²) in [5, 5.41) is 0. The van der Waals surface area contributed by atoms with Gasteiger partial charge in [-0.2, -0.15) is 0 Å². The second-order valence-electron chi connectivity index (χ2n) is 9.70. The van der Waals surface area contributed by atoms with Gasteiger partial charge in [-0.15, -0.1) is 0 Å². The SMILES string of the molecule is C=C1C[C@]23C[C@H]1CC[C@H]2[C@]1(C)CCC[C@]2(CO2)[C@H]1C[C@@H]3OC(C)=O. The second-order valence-corrected chi connectivity index (χ2v) is 9.70. The maximum atomic E-state index is 11.9. The molecule has 4 aliphatic carbocycles. The first-order valence-corrected chi connectivity index (χ1v) is 9.88. The molecule has 7 atom stereocenters. The third-order valence-corrected chi connectivity index (χ3v) is 8.71. The molecule has 3 heteroatoms. The highest BCUT2D eigenvalue weighted by molar-refractivity contribution is 5.66. The Hall–Kier alpha value is -0.830. The van der Waals surface area contributed by atoms with Gasteiger partial charge in [0.05, 0.1) is 12.2 Å². The molecular formula is C21H30O3. The van der Waals surface area contributed by atoms with Crippen molar-refractivity contribution < 1.29 is 14.3 Å². The van der Waals surface area contributed by atoms with Gasteiger partial charge >= 0.3 is 5.97 Å². The number of hydrogen-bond acceptors (Lipinski definition) is 3. The van der Waals surface area contributed by atoms with E-state index in [1.54, 1.807) is 6.92 Å². The molecule has 0 unspecified atom stereocenters. The average Bonchev–Trinajstić information content (AvgIpc) is 3.23. The van der Waals surface area contributed by atoms with Gasteiger partial charge in [-0.1, -0.05) is 19.1 Å². The fourth-order valence-corrected chi connectivity index (χ4v) is 7.80. The minimum absolute atomic E-state index is 0.0688. The van der Waals surface area contributed by atoms with Gasteiger partial charge in [0.1, 0.15) is 6.10 Å². The first-order valence-electron chi connectivity index (χ1n) is 9.88. The van der Waals surface area contributed by atoms with Crippen LogP contribution in [0.25, 0.3) is 0 Å². The molecule has 0 aromatic carbocycles. The van der Waals surface area contributed by atoms with Crippen molar-refractivity contribution in [3.05, 3.63) is 12.2 Å². The Labute approximate surface area is 145 Å². The van der Waals surface area contributed by atoms with Crippen molar-refractivity contribution >= 4 is 5.97 Å². The number of ether oxygens (including phenoxy) is 2. The van der Waals surface area contributed by atoms with Crippen molar-refractivity contribution in [3.8, 4) is 0 Å². The van der Waals surface area contributed by atoms with Gasteiger partial charge in [-0.25, -0.2) is 0 Å². The molecule has 0 N–H and O–H groups in total. The molecule has 0 aromatic rings. The third-order valence-electron chi connectivity index (χ3n) is 8.71. The molecule has 0 radical (unpaired) electrons. The van der Waals surface area contributed by atoms with E-state index in [-0.39, 0.29) is 23.1 Å². The fraction of sp³-hybridized carbons (Fsp3) is 0.857. The summed E-state index contributed by atoms with van der Waals surface area (Å²) in [5.74, 6) is 1.77. The molecule has 5 rings (SSSR count). The normalized spacial score (nSPS) is 55.0. The van der Waals surface area contributed by atoms with Crippen LogP contribution < -0.4 is 0 Å². The smallest absolute Gasteiger partial charge is 0.302 e. The summed E-state index contributed by atoms with van der Waals surface area (Å²) in [6.07, 6.45) is 9.74. The number of epoxide rings is 1. The number of carbonyl (C=O) groups excluding carboxylic acids is 1. The first kappa shape index (κ1) is 15.4. The van der Waals surface area contributed by atoms with E-state index in [4.69, 9.17) is 9.47 Å². The predicted octanol–water partition coefficient (Wildman–Crippen LogP) is 4.26. The van der Waals surface area contributed by atoms with Crippen molar-refractivity contribution in [3.63, 3.8) is 0 Å². The van der Waals surface area contributed by atoms with E-state index in [1.165, 1.54) is 44.1 Å². The number of esters is 1. The lowest BCUT2D eigenvalue weighted by molar-refractivity contribution is -0.204. The van der Waals surface area contributed by atoms with E-state index in [0.717, 1.165) is 19.4 Å². The Morgan fingerprint density at radius 1 is 1.29 bits per heavy atom. The molecule has 4 saturated carbocycles. The highest BCUT2D eigenvalue weighted by Crippen LogP contribution is 2.73. The summed E-state index contributed by atoms with van der Waals surface area (Å²) < 4.78 is 12.1. The van der Waals surface area contributed by atoms with Crippen LogP contribution in [-0.4, -0.2) is 24.3 Å². The summed E-state index contributed by atoms with van der Waals surface area (Å²) in [4.78, 5) is 11.9. The Kier molecular flexibility index (Phi) is 3.00. The highest BCUT2D eigenvalue weighted by atomic mass is 16.6. The number of hydrogen-bond donors (Lipinski definition) is 0. The van der Waals surface area contributed by atoms with Crippen LogP contribution in [-0.2, 0) is 14.3 Å². The fourth-order valence-electron chi connectivity index (χ4n) is 7.80. The topological polar surface area (TPSA) is 38.8 Å². The minimum atomic E-state index is -0.113. The molecule has 2 bridgehead atoms. The van der Waals surface area contributed by atoms with E-state index in [9.17, 15) is 4.79 Å². The van der Waals surface area contributed by atoms with Crippen LogP contribution in [0.2, 0.25) is 0 Å². The molecule has 132 valence electrons. The van der Waals surface area contributed by atoms with Crippen molar-refractivity contribution in [2.75, 3.05) is 6.61 Å². The molecule has 0 amide bonds. The first-order chi connectivity index (χ1) is 11.4. The lowest BCUT2D eigenvalue weighted by Crippen LogP contribution is -2.62. The lowest BCUT2D eigenvalue weighted by atomic mass is 9.42. The Balaban J connectivity index is 1.60. The summed E-state index contributed by atoms with van der Waals surface area (Å²) >= 11 is 0. The summed E-state index contributed by atoms with van der Waals surface area (Å²) in [7, 11) is 0. The molecule has 2 spiro atoms. The van der Waals surface area contributed by atoms with Crippen LogP contribution in [0.5, 0.6) is 0 Å². The van der Waals surface area contributed by atoms with Gasteiger partial charge in [0, 0.05) is 12.3 Å². The number of rotatable bonds is 1. The molecule has 5 fully saturated rings. The zero-order valence-corrected chi connectivity index (χ0v) is 15.1. The molecule has 3 nitrogen and oxygen atoms in total. The molecule has 0 aromatic heterocycles. The molecule has 1 heterocycles. The highest BCUT2D eigenvalue weighted by Gasteiger charge is 2.71. The van der Waals surface area contributed by atoms with Gasteiger partial charge < -0.3 is 9.47 Å². The van der Waals surface area contributed by atoms with Gasteiger partial charge in [-0.05, 0) is 74.5 Å². The quantitative estimate of drug-likeness (QED) is 0.410. The Morgan fingerprint density at radius 2 is 2.08 bits per heavy atom. The Bertz CT molecular complexity index is 606. The van der Waals surface area contributed by atoms with Crippen LogP contribution in [0.1, 0.15) is 65.2 Å². The van der Waals surface area contributed by atoms with Crippen molar-refractivity contribution in [2.24, 2.45) is 28.6 Å². The zero-order chi connectivity index (χ0) is 16.7. The Morgan fingerprint density at radius 3 is 2.79 bits per heavy atom. The van der Waals surface area contributed by atoms with Crippen LogP contribution in [0.4, 0.5) is 0 Å². The van der Waals surface area contributed by atoms with Crippen LogP contribution in [0.3, 0.4) is 0 Å². The number of allylic oxidation sites excluding steroid dienone is 1. The maximum Gasteiger partial charge on any atom is 0.302 e. The van der Waals surface area contributed by atoms with Crippen molar-refractivity contribution in [2.45, 2.75) is 76.9 Å². The zero-order valence-electron chi connectivity index (χ0n) is 15.1. The standard InChI is InChI=1S/C21H30O3/c1-13-10-20-11-15(13)5-6-16(20)19(3)7-4-8-21(12-23-21)17(19)9-18(20)24-14(2)22/h15-18H,1,4-12H2,2-3H3/t15-,16+,17+,18+,19+,20+,21+/m1/s1. The molecule has 5 aliphatic rings. The van der Waals surface area contributed by atoms with E-state index in [1.807, 2.05) is 0 Å². The molecule has 1 saturated heterocycles. The average molecular weight is 330 g/mol. The van der Waals surface area contributed by atoms with E-state index in [0.29, 0.717) is 23.2 Å². The van der Waals surface area contributed by atoms with Gasteiger partial charge in [0.15, 0.2) is 0 Å². The number of carbonyl (C=O) groups is 1. The maximum absolute atomic E-state index is 11.9. The van der Waals surface area contributed by atoms with Gasteiger partial charge in [-0.3, -0.25) is 4.79 Å². The van der Waals surface area contributed by atoms with Crippen LogP contribution >= 0.6 is 0 Å². The van der Waals surface area contributed by atoms with Crippen LogP contribution in [0.15, 0.2) is 12.2 Å². The summed E-state index contributed by atoms with van der Waals surface area (Å²) in [6.45, 7) is 9.44. The molecule has 24 heavy (non-hydrogen) atoms. The predicted molar refractivity (Wildman–Crippen MR) is 91.3 cm³/mol. The van der Waals surface area contributed by atoms with E-state index in [2.05, 4.69) is 13.5 Å². The van der Waals surface area contributed by atoms with Crippen molar-refractivity contribution in [1.29, 1.82) is 0 Å². The second kappa shape index (κ2) is 4.66. The summed E-state index contributed by atoms with van der Waals surface area (Å²) in [6, 6.07) is 0. The minimum Gasteiger partial charge on any atom is -0.462 e. The summed E-state index contributed by atoms with van der Waals surface area (Å²) in [5.41, 5.74) is 2.04. The molecule has 1 aliphatic heterocycles. The van der Waals surface area contributed by atoms with Gasteiger partial charge in [0.2, 0.25) is 0 Å².